The van der Waals surface area contributed by atoms with Crippen molar-refractivity contribution in [2.24, 2.45) is 0 Å². The number of carbonyl (C=O) groups excluding carboxylic acids is 5. The second-order valence-corrected chi connectivity index (χ2v) is 19.7. The number of pyridine rings is 1. The highest BCUT2D eigenvalue weighted by molar-refractivity contribution is 6.32. The average molecular weight is 1060 g/mol. The number of hydrogen-bond donors (Lipinski definition) is 6. The second kappa shape index (κ2) is 26.6. The number of H-pyrrole nitrogens is 1. The minimum absolute atomic E-state index is 0.00206. The fourth-order valence-corrected chi connectivity index (χ4v) is 8.85. The highest BCUT2D eigenvalue weighted by Crippen LogP contribution is 2.31. The SMILES string of the molecule is CC(C)(C)OC(=O)NC1(C(=O)N[C@@H](CCN2CCN(C(=O)CCOCCOCCNC(=O)c3ccc(NC(=O)CNCCn4ccnn4)c(Cl)n3)CC2)c2ccc(Cl)cc2)CCN(c2ncnc3[nH]ccc23)CC1. The maximum absolute atomic E-state index is 14.6. The van der Waals surface area contributed by atoms with Crippen LogP contribution in [-0.4, -0.2) is 177 Å². The van der Waals surface area contributed by atoms with Crippen molar-refractivity contribution in [2.75, 3.05) is 102 Å². The lowest BCUT2D eigenvalue weighted by atomic mass is 9.85. The first-order valence-electron chi connectivity index (χ1n) is 24.7. The summed E-state index contributed by atoms with van der Waals surface area (Å²) in [6.45, 7) is 11.7. The van der Waals surface area contributed by atoms with Gasteiger partial charge in [-0.1, -0.05) is 40.5 Å². The van der Waals surface area contributed by atoms with Crippen molar-refractivity contribution in [3.63, 3.8) is 0 Å². The van der Waals surface area contributed by atoms with E-state index in [9.17, 15) is 24.0 Å². The van der Waals surface area contributed by atoms with E-state index in [2.05, 4.69) is 66.6 Å². The fourth-order valence-electron chi connectivity index (χ4n) is 8.53. The van der Waals surface area contributed by atoms with Crippen molar-refractivity contribution in [3.05, 3.63) is 88.8 Å². The number of piperazine rings is 1. The van der Waals surface area contributed by atoms with Crippen LogP contribution in [0.3, 0.4) is 0 Å². The second-order valence-electron chi connectivity index (χ2n) is 18.9. The summed E-state index contributed by atoms with van der Waals surface area (Å²) in [5.41, 5.74) is -0.0625. The molecule has 0 radical (unpaired) electrons. The third-order valence-corrected chi connectivity index (χ3v) is 13.0. The van der Waals surface area contributed by atoms with E-state index in [1.54, 1.807) is 50.0 Å². The number of fused-ring (bicyclic) bond motifs is 1. The lowest BCUT2D eigenvalue weighted by Crippen LogP contribution is -2.64. The van der Waals surface area contributed by atoms with Crippen LogP contribution in [0.2, 0.25) is 10.2 Å². The van der Waals surface area contributed by atoms with Crippen LogP contribution in [-0.2, 0) is 35.1 Å². The van der Waals surface area contributed by atoms with Crippen molar-refractivity contribution in [2.45, 2.75) is 70.2 Å². The Hall–Kier alpha value is -6.50. The highest BCUT2D eigenvalue weighted by Gasteiger charge is 2.45. The largest absolute Gasteiger partial charge is 0.444 e. The van der Waals surface area contributed by atoms with Crippen LogP contribution >= 0.6 is 23.2 Å². The van der Waals surface area contributed by atoms with Crippen LogP contribution in [0, 0.1) is 0 Å². The van der Waals surface area contributed by atoms with Gasteiger partial charge in [0.1, 0.15) is 34.6 Å². The molecule has 1 aromatic carbocycles. The predicted molar refractivity (Wildman–Crippen MR) is 277 cm³/mol. The summed E-state index contributed by atoms with van der Waals surface area (Å²) in [6.07, 6.45) is 7.38. The smallest absolute Gasteiger partial charge is 0.408 e. The molecule has 2 aliphatic heterocycles. The molecule has 0 aliphatic carbocycles. The molecule has 23 nitrogen and oxygen atoms in total. The monoisotopic (exact) mass is 1060 g/mol. The molecule has 0 spiro atoms. The van der Waals surface area contributed by atoms with Crippen molar-refractivity contribution < 1.29 is 38.2 Å². The molecule has 25 heteroatoms. The van der Waals surface area contributed by atoms with Crippen molar-refractivity contribution in [1.29, 1.82) is 0 Å². The van der Waals surface area contributed by atoms with E-state index in [1.807, 2.05) is 29.3 Å². The van der Waals surface area contributed by atoms with Crippen molar-refractivity contribution in [3.8, 4) is 0 Å². The standard InChI is InChI=1S/C49H65Cl2N15O8/c1-48(2,3)74-47(71)61-49(13-20-65(21-14-49)44-36-10-15-53-43(36)55-33-56-44)46(70)60-37(34-4-6-35(50)7-5-34)11-19-63-24-26-64(27-25-63)41(68)12-28-72-30-31-73-29-18-54-45(69)39-9-8-38(42(51)59-39)58-40(67)32-52-16-22-66-23-17-57-62-66/h4-10,15,17,23,33,37,52H,11-14,16,18-22,24-32H2,1-3H3,(H,54,69)(H,58,67)(H,60,70)(H,61,71)(H,53,55,56)/t37-/m0/s1. The van der Waals surface area contributed by atoms with Crippen molar-refractivity contribution >= 4 is 75.5 Å². The Bertz CT molecular complexity index is 2630. The first-order valence-corrected chi connectivity index (χ1v) is 25.5. The van der Waals surface area contributed by atoms with Crippen LogP contribution in [0.4, 0.5) is 16.3 Å². The van der Waals surface area contributed by atoms with Crippen LogP contribution in [0.5, 0.6) is 0 Å². The predicted octanol–water partition coefficient (Wildman–Crippen LogP) is 3.59. The first kappa shape index (κ1) is 55.3. The lowest BCUT2D eigenvalue weighted by Gasteiger charge is -2.42. The number of amides is 5. The number of benzene rings is 1. The summed E-state index contributed by atoms with van der Waals surface area (Å²) in [4.78, 5) is 88.3. The van der Waals surface area contributed by atoms with Crippen LogP contribution in [0.15, 0.2) is 67.4 Å². The molecule has 0 bridgehead atoms. The third-order valence-electron chi connectivity index (χ3n) is 12.5. The molecule has 1 atom stereocenters. The number of piperidine rings is 1. The minimum Gasteiger partial charge on any atom is -0.444 e. The lowest BCUT2D eigenvalue weighted by molar-refractivity contribution is -0.134. The van der Waals surface area contributed by atoms with E-state index >= 15 is 0 Å². The minimum atomic E-state index is -1.26. The highest BCUT2D eigenvalue weighted by atomic mass is 35.5. The number of aromatic amines is 1. The number of hydrogen-bond acceptors (Lipinski definition) is 16. The molecule has 6 heterocycles. The number of alkyl carbamates (subject to hydrolysis) is 1. The summed E-state index contributed by atoms with van der Waals surface area (Å²) >= 11 is 12.5. The molecular weight excluding hydrogens is 998 g/mol. The molecule has 6 N–H and O–H groups in total. The number of ether oxygens (including phenoxy) is 3. The van der Waals surface area contributed by atoms with Crippen molar-refractivity contribution in [1.82, 2.24) is 66.0 Å². The number of nitrogens with zero attached hydrogens (tertiary/aromatic N) is 9. The van der Waals surface area contributed by atoms with Crippen LogP contribution in [0.25, 0.3) is 11.0 Å². The molecule has 7 rings (SSSR count). The molecule has 5 aromatic rings. The summed E-state index contributed by atoms with van der Waals surface area (Å²) in [7, 11) is 0. The van der Waals surface area contributed by atoms with Gasteiger partial charge in [-0.05, 0) is 75.9 Å². The molecule has 2 aliphatic rings. The zero-order chi connectivity index (χ0) is 52.5. The van der Waals surface area contributed by atoms with E-state index in [0.717, 1.165) is 22.4 Å². The molecule has 2 saturated heterocycles. The summed E-state index contributed by atoms with van der Waals surface area (Å²) in [6, 6.07) is 11.9. The van der Waals surface area contributed by atoms with E-state index in [4.69, 9.17) is 37.4 Å². The zero-order valence-corrected chi connectivity index (χ0v) is 43.4. The van der Waals surface area contributed by atoms with Gasteiger partial charge in [-0.2, -0.15) is 0 Å². The van der Waals surface area contributed by atoms with E-state index < -0.39 is 29.2 Å². The molecule has 5 amide bonds. The maximum Gasteiger partial charge on any atom is 0.408 e. The number of halogens is 2. The number of rotatable bonds is 24. The van der Waals surface area contributed by atoms with Gasteiger partial charge < -0.3 is 55.6 Å². The molecule has 398 valence electrons. The summed E-state index contributed by atoms with van der Waals surface area (Å²) in [5, 5.41) is 23.7. The van der Waals surface area contributed by atoms with Crippen LogP contribution < -0.4 is 31.5 Å². The van der Waals surface area contributed by atoms with Gasteiger partial charge in [-0.3, -0.25) is 28.8 Å². The molecule has 2 fully saturated rings. The van der Waals surface area contributed by atoms with Crippen LogP contribution in [0.1, 0.15) is 68.5 Å². The molecular formula is C49H65Cl2N15O8. The Labute approximate surface area is 439 Å². The Morgan fingerprint density at radius 1 is 0.865 bits per heavy atom. The fraction of sp³-hybridized carbons (Fsp3) is 0.510. The number of aromatic nitrogens is 7. The van der Waals surface area contributed by atoms with Gasteiger partial charge >= 0.3 is 6.09 Å². The van der Waals surface area contributed by atoms with E-state index in [0.29, 0.717) is 83.2 Å². The van der Waals surface area contributed by atoms with E-state index in [1.165, 1.54) is 18.5 Å². The maximum atomic E-state index is 14.6. The topological polar surface area (TPSA) is 268 Å². The van der Waals surface area contributed by atoms with Gasteiger partial charge in [-0.15, -0.1) is 5.10 Å². The Morgan fingerprint density at radius 3 is 2.34 bits per heavy atom. The molecule has 74 heavy (non-hydrogen) atoms. The Morgan fingerprint density at radius 2 is 1.62 bits per heavy atom. The number of nitrogens with one attached hydrogen (secondary N) is 6. The Balaban J connectivity index is 0.792. The normalized spacial score (nSPS) is 15.4. The molecule has 0 unspecified atom stereocenters. The zero-order valence-electron chi connectivity index (χ0n) is 41.9. The summed E-state index contributed by atoms with van der Waals surface area (Å²) < 4.78 is 18.6. The quantitative estimate of drug-likeness (QED) is 0.0381. The first-order chi connectivity index (χ1) is 35.6. The molecule has 4 aromatic heterocycles. The van der Waals surface area contributed by atoms with Gasteiger partial charge in [0.2, 0.25) is 17.7 Å². The summed E-state index contributed by atoms with van der Waals surface area (Å²) in [5.74, 6) is -0.312. The van der Waals surface area contributed by atoms with Gasteiger partial charge in [-0.25, -0.2) is 19.7 Å². The van der Waals surface area contributed by atoms with Gasteiger partial charge in [0, 0.05) is 76.3 Å². The van der Waals surface area contributed by atoms with Gasteiger partial charge in [0.25, 0.3) is 5.91 Å². The number of carbonyl (C=O) groups is 5. The van der Waals surface area contributed by atoms with Gasteiger partial charge in [0.05, 0.1) is 69.3 Å². The molecule has 0 saturated carbocycles. The van der Waals surface area contributed by atoms with Gasteiger partial charge in [0.15, 0.2) is 5.15 Å². The van der Waals surface area contributed by atoms with E-state index in [-0.39, 0.29) is 80.2 Å². The average Bonchev–Trinajstić information content (AvgIpc) is 4.10. The Kier molecular flexibility index (Phi) is 19.9. The third kappa shape index (κ3) is 16.2. The number of anilines is 2.